The first-order valence-electron chi connectivity index (χ1n) is 12.1. The van der Waals surface area contributed by atoms with Gasteiger partial charge in [0.1, 0.15) is 11.6 Å². The van der Waals surface area contributed by atoms with Gasteiger partial charge < -0.3 is 14.5 Å². The second kappa shape index (κ2) is 10.3. The molecule has 37 heavy (non-hydrogen) atoms. The summed E-state index contributed by atoms with van der Waals surface area (Å²) >= 11 is 0. The minimum Gasteiger partial charge on any atom is -0.497 e. The van der Waals surface area contributed by atoms with E-state index >= 15 is 0 Å². The summed E-state index contributed by atoms with van der Waals surface area (Å²) in [7, 11) is 1.62. The highest BCUT2D eigenvalue weighted by molar-refractivity contribution is 5.95. The minimum atomic E-state index is -0.432. The van der Waals surface area contributed by atoms with Crippen LogP contribution < -0.4 is 9.64 Å². The number of ether oxygens (including phenoxy) is 1. The van der Waals surface area contributed by atoms with Crippen LogP contribution >= 0.6 is 0 Å². The van der Waals surface area contributed by atoms with Gasteiger partial charge in [0.25, 0.3) is 5.91 Å². The molecule has 8 heteroatoms. The maximum absolute atomic E-state index is 14.6. The molecule has 0 bridgehead atoms. The normalized spacial score (nSPS) is 13.5. The monoisotopic (exact) mass is 498 g/mol. The molecule has 1 aliphatic rings. The fraction of sp³-hybridized carbons (Fsp3) is 0.207. The zero-order chi connectivity index (χ0) is 25.9. The number of piperazine rings is 1. The van der Waals surface area contributed by atoms with Crippen LogP contribution in [0, 0.1) is 5.82 Å². The van der Waals surface area contributed by atoms with E-state index in [0.29, 0.717) is 43.1 Å². The molecule has 0 saturated carbocycles. The molecule has 1 fully saturated rings. The van der Waals surface area contributed by atoms with E-state index in [9.17, 15) is 14.0 Å². The number of hydrogen-bond acceptors (Lipinski definition) is 5. The Labute approximate surface area is 214 Å². The van der Waals surface area contributed by atoms with Gasteiger partial charge in [-0.1, -0.05) is 18.2 Å². The molecule has 1 saturated heterocycles. The predicted molar refractivity (Wildman–Crippen MR) is 140 cm³/mol. The lowest BCUT2D eigenvalue weighted by Crippen LogP contribution is -2.49. The highest BCUT2D eigenvalue weighted by Crippen LogP contribution is 2.27. The Morgan fingerprint density at radius 2 is 1.59 bits per heavy atom. The molecule has 0 spiro atoms. The number of aromatic nitrogens is 2. The Morgan fingerprint density at radius 1 is 0.892 bits per heavy atom. The molecule has 2 heterocycles. The van der Waals surface area contributed by atoms with E-state index in [4.69, 9.17) is 4.74 Å². The van der Waals surface area contributed by atoms with Crippen LogP contribution in [0.1, 0.15) is 27.8 Å². The van der Waals surface area contributed by atoms with Crippen molar-refractivity contribution in [3.8, 4) is 22.7 Å². The van der Waals surface area contributed by atoms with Crippen LogP contribution in [0.15, 0.2) is 78.9 Å². The number of carbonyl (C=O) groups is 2. The molecule has 0 unspecified atom stereocenters. The third kappa shape index (κ3) is 4.95. The summed E-state index contributed by atoms with van der Waals surface area (Å²) < 4.78 is 21.7. The van der Waals surface area contributed by atoms with Crippen LogP contribution in [0.5, 0.6) is 5.75 Å². The smallest absolute Gasteiger partial charge is 0.274 e. The number of para-hydroxylation sites is 1. The summed E-state index contributed by atoms with van der Waals surface area (Å²) in [6, 6.07) is 23.6. The van der Waals surface area contributed by atoms with E-state index in [1.54, 1.807) is 28.8 Å². The SMILES string of the molecule is COc1ccc(-c2cc(C(=O)N3CCN(c4ccc(C(C)=O)cc4F)CC3)nn2-c2ccccc2)cc1. The van der Waals surface area contributed by atoms with Crippen molar-refractivity contribution < 1.29 is 18.7 Å². The van der Waals surface area contributed by atoms with E-state index < -0.39 is 5.82 Å². The molecule has 188 valence electrons. The van der Waals surface area contributed by atoms with Crippen molar-refractivity contribution in [2.75, 3.05) is 38.2 Å². The van der Waals surface area contributed by atoms with Gasteiger partial charge in [-0.2, -0.15) is 5.10 Å². The second-order valence-electron chi connectivity index (χ2n) is 8.89. The number of ketones is 1. The third-order valence-electron chi connectivity index (χ3n) is 6.58. The number of benzene rings is 3. The van der Waals surface area contributed by atoms with Crippen LogP contribution in [0.2, 0.25) is 0 Å². The molecule has 7 nitrogen and oxygen atoms in total. The zero-order valence-corrected chi connectivity index (χ0v) is 20.7. The molecule has 0 aliphatic carbocycles. The Hall–Kier alpha value is -4.46. The summed E-state index contributed by atoms with van der Waals surface area (Å²) in [5.41, 5.74) is 3.68. The first kappa shape index (κ1) is 24.2. The number of hydrogen-bond donors (Lipinski definition) is 0. The summed E-state index contributed by atoms with van der Waals surface area (Å²) in [5, 5.41) is 4.68. The maximum atomic E-state index is 14.6. The quantitative estimate of drug-likeness (QED) is 0.356. The number of methoxy groups -OCH3 is 1. The topological polar surface area (TPSA) is 67.7 Å². The van der Waals surface area contributed by atoms with Crippen LogP contribution in [0.25, 0.3) is 16.9 Å². The number of Topliss-reactive ketones (excluding diaryl/α,β-unsaturated/α-hetero) is 1. The van der Waals surface area contributed by atoms with Crippen molar-refractivity contribution in [3.05, 3.63) is 95.9 Å². The minimum absolute atomic E-state index is 0.170. The molecule has 1 aromatic heterocycles. The van der Waals surface area contributed by atoms with Crippen molar-refractivity contribution in [1.82, 2.24) is 14.7 Å². The molecule has 0 atom stereocenters. The highest BCUT2D eigenvalue weighted by atomic mass is 19.1. The molecular formula is C29H27FN4O3. The zero-order valence-electron chi connectivity index (χ0n) is 20.7. The fourth-order valence-corrected chi connectivity index (χ4v) is 4.51. The highest BCUT2D eigenvalue weighted by Gasteiger charge is 2.26. The molecule has 3 aromatic carbocycles. The van der Waals surface area contributed by atoms with Crippen LogP contribution in [0.3, 0.4) is 0 Å². The van der Waals surface area contributed by atoms with Crippen LogP contribution in [-0.2, 0) is 0 Å². The molecule has 5 rings (SSSR count). The van der Waals surface area contributed by atoms with Gasteiger partial charge in [0, 0.05) is 37.3 Å². The number of anilines is 1. The van der Waals surface area contributed by atoms with Gasteiger partial charge >= 0.3 is 0 Å². The van der Waals surface area contributed by atoms with Gasteiger partial charge in [0.15, 0.2) is 11.5 Å². The van der Waals surface area contributed by atoms with Gasteiger partial charge in [-0.05, 0) is 67.6 Å². The largest absolute Gasteiger partial charge is 0.497 e. The van der Waals surface area contributed by atoms with Crippen LogP contribution in [0.4, 0.5) is 10.1 Å². The van der Waals surface area contributed by atoms with Crippen molar-refractivity contribution in [2.24, 2.45) is 0 Å². The lowest BCUT2D eigenvalue weighted by molar-refractivity contribution is 0.0740. The first-order valence-corrected chi connectivity index (χ1v) is 12.1. The first-order chi connectivity index (χ1) is 17.9. The fourth-order valence-electron chi connectivity index (χ4n) is 4.51. The summed E-state index contributed by atoms with van der Waals surface area (Å²) in [6.07, 6.45) is 0. The Bertz CT molecular complexity index is 1430. The summed E-state index contributed by atoms with van der Waals surface area (Å²) in [5.74, 6) is -0.0319. The lowest BCUT2D eigenvalue weighted by Gasteiger charge is -2.36. The van der Waals surface area contributed by atoms with E-state index in [2.05, 4.69) is 5.10 Å². The Balaban J connectivity index is 1.37. The molecule has 0 radical (unpaired) electrons. The van der Waals surface area contributed by atoms with Crippen molar-refractivity contribution >= 4 is 17.4 Å². The molecule has 1 aliphatic heterocycles. The van der Waals surface area contributed by atoms with Crippen molar-refractivity contribution in [2.45, 2.75) is 6.92 Å². The Morgan fingerprint density at radius 3 is 2.22 bits per heavy atom. The predicted octanol–water partition coefficient (Wildman–Crippen LogP) is 4.85. The van der Waals surface area contributed by atoms with Gasteiger partial charge in [0.05, 0.1) is 24.2 Å². The van der Waals surface area contributed by atoms with Gasteiger partial charge in [-0.15, -0.1) is 0 Å². The van der Waals surface area contributed by atoms with Crippen LogP contribution in [-0.4, -0.2) is 59.7 Å². The molecule has 1 amide bonds. The molecular weight excluding hydrogens is 471 g/mol. The standard InChI is InChI=1S/C29H27FN4O3/c1-20(35)22-10-13-27(25(30)18-22)32-14-16-33(17-15-32)29(36)26-19-28(21-8-11-24(37-2)12-9-21)34(31-26)23-6-4-3-5-7-23/h3-13,18-19H,14-17H2,1-2H3. The number of carbonyl (C=O) groups excluding carboxylic acids is 2. The lowest BCUT2D eigenvalue weighted by atomic mass is 10.1. The van der Waals surface area contributed by atoms with E-state index in [-0.39, 0.29) is 11.7 Å². The van der Waals surface area contributed by atoms with E-state index in [0.717, 1.165) is 22.7 Å². The number of halogens is 1. The maximum Gasteiger partial charge on any atom is 0.274 e. The average molecular weight is 499 g/mol. The van der Waals surface area contributed by atoms with E-state index in [1.807, 2.05) is 65.6 Å². The number of rotatable bonds is 6. The van der Waals surface area contributed by atoms with Gasteiger partial charge in [-0.3, -0.25) is 9.59 Å². The number of nitrogens with zero attached hydrogens (tertiary/aromatic N) is 4. The van der Waals surface area contributed by atoms with Gasteiger partial charge in [-0.25, -0.2) is 9.07 Å². The van der Waals surface area contributed by atoms with Crippen molar-refractivity contribution in [3.63, 3.8) is 0 Å². The van der Waals surface area contributed by atoms with Crippen molar-refractivity contribution in [1.29, 1.82) is 0 Å². The number of amides is 1. The third-order valence-corrected chi connectivity index (χ3v) is 6.58. The molecule has 0 N–H and O–H groups in total. The molecule has 4 aromatic rings. The second-order valence-corrected chi connectivity index (χ2v) is 8.89. The summed E-state index contributed by atoms with van der Waals surface area (Å²) in [6.45, 7) is 3.24. The Kier molecular flexibility index (Phi) is 6.72. The summed E-state index contributed by atoms with van der Waals surface area (Å²) in [4.78, 5) is 28.6. The average Bonchev–Trinajstić information content (AvgIpc) is 3.39. The van der Waals surface area contributed by atoms with E-state index in [1.165, 1.54) is 13.0 Å². The van der Waals surface area contributed by atoms with Gasteiger partial charge in [0.2, 0.25) is 0 Å².